The molecular formula is C11H15F7O2. The maximum atomic E-state index is 13.3. The van der Waals surface area contributed by atoms with Gasteiger partial charge in [-0.2, -0.15) is 30.7 Å². The van der Waals surface area contributed by atoms with E-state index in [1.165, 1.54) is 0 Å². The van der Waals surface area contributed by atoms with Crippen LogP contribution in [0.15, 0.2) is 0 Å². The van der Waals surface area contributed by atoms with E-state index >= 15 is 0 Å². The van der Waals surface area contributed by atoms with Crippen LogP contribution in [0.2, 0.25) is 0 Å². The third-order valence-corrected chi connectivity index (χ3v) is 2.92. The Kier molecular flexibility index (Phi) is 5.86. The third kappa shape index (κ3) is 3.54. The van der Waals surface area contributed by atoms with Crippen LogP contribution in [0.3, 0.4) is 0 Å². The van der Waals surface area contributed by atoms with Crippen molar-refractivity contribution in [2.24, 2.45) is 11.8 Å². The summed E-state index contributed by atoms with van der Waals surface area (Å²) in [5.41, 5.74) is 0. The minimum atomic E-state index is -6.40. The summed E-state index contributed by atoms with van der Waals surface area (Å²) in [6.45, 7) is 2.76. The van der Waals surface area contributed by atoms with Gasteiger partial charge in [0.1, 0.15) is 0 Å². The summed E-state index contributed by atoms with van der Waals surface area (Å²) in [5, 5.41) is 0. The number of alkyl halides is 7. The highest BCUT2D eigenvalue weighted by Crippen LogP contribution is 2.51. The lowest BCUT2D eigenvalue weighted by Gasteiger charge is -2.34. The lowest BCUT2D eigenvalue weighted by Crippen LogP contribution is -2.56. The smallest absolute Gasteiger partial charge is 0.459 e. The maximum Gasteiger partial charge on any atom is 0.459 e. The molecule has 2 nitrogen and oxygen atoms in total. The zero-order valence-corrected chi connectivity index (χ0v) is 11.0. The van der Waals surface area contributed by atoms with Gasteiger partial charge in [0.15, 0.2) is 0 Å². The summed E-state index contributed by atoms with van der Waals surface area (Å²) in [4.78, 5) is 11.3. The van der Waals surface area contributed by atoms with Crippen molar-refractivity contribution < 1.29 is 40.3 Å². The first-order valence-corrected chi connectivity index (χ1v) is 5.79. The Bertz CT molecular complexity index is 338. The molecule has 0 spiro atoms. The molecule has 0 aliphatic rings. The Morgan fingerprint density at radius 1 is 1.05 bits per heavy atom. The molecule has 0 bridgehead atoms. The first-order chi connectivity index (χ1) is 8.80. The number of hydrogen-bond acceptors (Lipinski definition) is 2. The molecule has 9 heteroatoms. The molecule has 0 heterocycles. The van der Waals surface area contributed by atoms with E-state index in [4.69, 9.17) is 0 Å². The lowest BCUT2D eigenvalue weighted by atomic mass is 9.86. The van der Waals surface area contributed by atoms with Gasteiger partial charge >= 0.3 is 24.0 Å². The Labute approximate surface area is 111 Å². The van der Waals surface area contributed by atoms with Crippen molar-refractivity contribution in [3.63, 3.8) is 0 Å². The number of halogens is 7. The second-order valence-electron chi connectivity index (χ2n) is 4.44. The van der Waals surface area contributed by atoms with Crippen LogP contribution in [0.25, 0.3) is 0 Å². The normalized spacial score (nSPS) is 16.7. The summed E-state index contributed by atoms with van der Waals surface area (Å²) in [5.74, 6) is -17.2. The van der Waals surface area contributed by atoms with Crippen LogP contribution in [-0.4, -0.2) is 30.6 Å². The molecule has 0 fully saturated rings. The van der Waals surface area contributed by atoms with Gasteiger partial charge in [-0.05, 0) is 6.42 Å². The van der Waals surface area contributed by atoms with E-state index in [1.54, 1.807) is 6.92 Å². The fourth-order valence-corrected chi connectivity index (χ4v) is 1.33. The van der Waals surface area contributed by atoms with E-state index in [1.807, 2.05) is 0 Å². The molecule has 20 heavy (non-hydrogen) atoms. The number of ether oxygens (including phenoxy) is 1. The predicted octanol–water partition coefficient (Wildman–Crippen LogP) is 4.04. The van der Waals surface area contributed by atoms with Gasteiger partial charge in [-0.1, -0.05) is 20.8 Å². The molecule has 0 aliphatic carbocycles. The van der Waals surface area contributed by atoms with Crippen molar-refractivity contribution in [1.82, 2.24) is 0 Å². The van der Waals surface area contributed by atoms with Crippen molar-refractivity contribution in [2.75, 3.05) is 6.61 Å². The van der Waals surface area contributed by atoms with Crippen LogP contribution in [-0.2, 0) is 9.53 Å². The average molecular weight is 312 g/mol. The number of hydrogen-bond donors (Lipinski definition) is 0. The quantitative estimate of drug-likeness (QED) is 0.546. The molecule has 0 aromatic rings. The average Bonchev–Trinajstić information content (AvgIpc) is 2.32. The van der Waals surface area contributed by atoms with E-state index in [0.717, 1.165) is 6.92 Å². The molecule has 120 valence electrons. The monoisotopic (exact) mass is 312 g/mol. The highest BCUT2D eigenvalue weighted by Gasteiger charge is 2.75. The van der Waals surface area contributed by atoms with E-state index in [2.05, 4.69) is 4.74 Å². The van der Waals surface area contributed by atoms with Gasteiger partial charge in [-0.25, -0.2) is 0 Å². The van der Waals surface area contributed by atoms with Gasteiger partial charge in [0.05, 0.1) is 12.5 Å². The Morgan fingerprint density at radius 2 is 1.50 bits per heavy atom. The summed E-state index contributed by atoms with van der Waals surface area (Å²) in [6, 6.07) is 0. The van der Waals surface area contributed by atoms with E-state index in [-0.39, 0.29) is 6.61 Å². The first kappa shape index (κ1) is 19.0. The summed E-state index contributed by atoms with van der Waals surface area (Å²) >= 11 is 0. The van der Waals surface area contributed by atoms with Crippen molar-refractivity contribution >= 4 is 5.97 Å². The third-order valence-electron chi connectivity index (χ3n) is 2.92. The molecule has 2 atom stereocenters. The van der Waals surface area contributed by atoms with E-state index < -0.39 is 35.8 Å². The zero-order valence-electron chi connectivity index (χ0n) is 11.0. The van der Waals surface area contributed by atoms with Crippen molar-refractivity contribution in [3.05, 3.63) is 0 Å². The minimum absolute atomic E-state index is 0.128. The Hall–Kier alpha value is -1.02. The van der Waals surface area contributed by atoms with Crippen molar-refractivity contribution in [3.8, 4) is 0 Å². The number of esters is 1. The van der Waals surface area contributed by atoms with Gasteiger partial charge in [-0.3, -0.25) is 4.79 Å². The molecule has 0 amide bonds. The SMILES string of the molecule is CCCOC(=O)C(C)C(C)C(F)(F)C(F)(F)C(F)(F)F. The highest BCUT2D eigenvalue weighted by molar-refractivity contribution is 5.72. The molecular weight excluding hydrogens is 297 g/mol. The van der Waals surface area contributed by atoms with Crippen LogP contribution in [0.4, 0.5) is 30.7 Å². The second kappa shape index (κ2) is 6.17. The summed E-state index contributed by atoms with van der Waals surface area (Å²) in [7, 11) is 0. The van der Waals surface area contributed by atoms with Crippen molar-refractivity contribution in [2.45, 2.75) is 45.2 Å². The highest BCUT2D eigenvalue weighted by atomic mass is 19.4. The molecule has 0 rings (SSSR count). The van der Waals surface area contributed by atoms with E-state index in [0.29, 0.717) is 13.3 Å². The first-order valence-electron chi connectivity index (χ1n) is 5.79. The van der Waals surface area contributed by atoms with Crippen LogP contribution in [0, 0.1) is 11.8 Å². The molecule has 0 saturated heterocycles. The van der Waals surface area contributed by atoms with Gasteiger partial charge in [0.2, 0.25) is 0 Å². The lowest BCUT2D eigenvalue weighted by molar-refractivity contribution is -0.367. The molecule has 0 aromatic heterocycles. The van der Waals surface area contributed by atoms with Crippen LogP contribution in [0.5, 0.6) is 0 Å². The standard InChI is InChI=1S/C11H15F7O2/c1-4-5-20-8(19)6(2)7(3)9(12,13)10(14,15)11(16,17)18/h6-7H,4-5H2,1-3H3. The Balaban J connectivity index is 5.16. The molecule has 0 radical (unpaired) electrons. The molecule has 0 aromatic carbocycles. The van der Waals surface area contributed by atoms with Crippen LogP contribution in [0.1, 0.15) is 27.2 Å². The summed E-state index contributed by atoms with van der Waals surface area (Å²) < 4.78 is 92.8. The largest absolute Gasteiger partial charge is 0.465 e. The fourth-order valence-electron chi connectivity index (χ4n) is 1.33. The zero-order chi connectivity index (χ0) is 16.4. The van der Waals surface area contributed by atoms with Crippen LogP contribution >= 0.6 is 0 Å². The summed E-state index contributed by atoms with van der Waals surface area (Å²) in [6.07, 6.45) is -6.04. The predicted molar refractivity (Wildman–Crippen MR) is 55.5 cm³/mol. The number of carbonyl (C=O) groups excluding carboxylic acids is 1. The maximum absolute atomic E-state index is 13.3. The fraction of sp³-hybridized carbons (Fsp3) is 0.909. The van der Waals surface area contributed by atoms with Crippen molar-refractivity contribution in [1.29, 1.82) is 0 Å². The minimum Gasteiger partial charge on any atom is -0.465 e. The molecule has 0 saturated carbocycles. The Morgan fingerprint density at radius 3 is 1.85 bits per heavy atom. The molecule has 0 N–H and O–H groups in total. The van der Waals surface area contributed by atoms with Gasteiger partial charge in [0.25, 0.3) is 0 Å². The molecule has 0 aliphatic heterocycles. The van der Waals surface area contributed by atoms with Gasteiger partial charge < -0.3 is 4.74 Å². The van der Waals surface area contributed by atoms with E-state index in [9.17, 15) is 35.5 Å². The van der Waals surface area contributed by atoms with Gasteiger partial charge in [0, 0.05) is 5.92 Å². The second-order valence-corrected chi connectivity index (χ2v) is 4.44. The number of rotatable bonds is 6. The van der Waals surface area contributed by atoms with Gasteiger partial charge in [-0.15, -0.1) is 0 Å². The topological polar surface area (TPSA) is 26.3 Å². The van der Waals surface area contributed by atoms with Crippen LogP contribution < -0.4 is 0 Å². The molecule has 2 unspecified atom stereocenters. The number of carbonyl (C=O) groups is 1.